The highest BCUT2D eigenvalue weighted by Crippen LogP contribution is 2.29. The molecule has 158 valence electrons. The van der Waals surface area contributed by atoms with Crippen LogP contribution in [0.5, 0.6) is 0 Å². The van der Waals surface area contributed by atoms with Crippen LogP contribution in [-0.4, -0.2) is 62.6 Å². The van der Waals surface area contributed by atoms with E-state index in [1.165, 1.54) is 15.6 Å². The summed E-state index contributed by atoms with van der Waals surface area (Å²) in [5, 5.41) is 10.6. The van der Waals surface area contributed by atoms with Gasteiger partial charge in [-0.25, -0.2) is 8.78 Å². The van der Waals surface area contributed by atoms with Crippen molar-refractivity contribution in [1.82, 2.24) is 24.5 Å². The van der Waals surface area contributed by atoms with Gasteiger partial charge in [-0.1, -0.05) is 0 Å². The van der Waals surface area contributed by atoms with Crippen molar-refractivity contribution in [2.45, 2.75) is 33.4 Å². The van der Waals surface area contributed by atoms with Crippen LogP contribution in [-0.2, 0) is 22.6 Å². The minimum atomic E-state index is -2.76. The molecular weight excluding hydrogens is 454 g/mol. The van der Waals surface area contributed by atoms with Crippen molar-refractivity contribution in [2.24, 2.45) is 0 Å². The first kappa shape index (κ1) is 21.4. The van der Waals surface area contributed by atoms with E-state index in [0.717, 1.165) is 0 Å². The molecule has 9 nitrogen and oxygen atoms in total. The smallest absolute Gasteiger partial charge is 0.283 e. The largest absolute Gasteiger partial charge is 0.378 e. The highest BCUT2D eigenvalue weighted by atomic mass is 79.9. The summed E-state index contributed by atoms with van der Waals surface area (Å²) in [6.07, 6.45) is -1.35. The molecule has 1 saturated heterocycles. The molecule has 2 amide bonds. The number of morpholine rings is 1. The third kappa shape index (κ3) is 4.47. The minimum Gasteiger partial charge on any atom is -0.378 e. The lowest BCUT2D eigenvalue weighted by Gasteiger charge is -2.27. The number of carbonyl (C=O) groups is 2. The molecule has 1 aliphatic heterocycles. The number of hydrogen-bond acceptors (Lipinski definition) is 5. The molecule has 0 radical (unpaired) electrons. The zero-order valence-corrected chi connectivity index (χ0v) is 17.6. The van der Waals surface area contributed by atoms with Gasteiger partial charge in [0.1, 0.15) is 17.9 Å². The molecule has 29 heavy (non-hydrogen) atoms. The van der Waals surface area contributed by atoms with Crippen molar-refractivity contribution in [3.8, 4) is 0 Å². The number of hydrogen-bond donors (Lipinski definition) is 1. The first-order chi connectivity index (χ1) is 13.8. The van der Waals surface area contributed by atoms with E-state index in [4.69, 9.17) is 4.74 Å². The number of amides is 2. The lowest BCUT2D eigenvalue weighted by atomic mass is 10.2. The molecular formula is C17H21BrF2N6O3. The quantitative estimate of drug-likeness (QED) is 0.692. The molecule has 1 fully saturated rings. The average Bonchev–Trinajstić information content (AvgIpc) is 3.23. The molecule has 0 spiro atoms. The number of carbonyl (C=O) groups excluding carboxylic acids is 2. The maximum Gasteiger partial charge on any atom is 0.283 e. The van der Waals surface area contributed by atoms with Crippen molar-refractivity contribution in [2.75, 3.05) is 31.6 Å². The number of aromatic nitrogens is 4. The molecule has 0 aliphatic carbocycles. The van der Waals surface area contributed by atoms with E-state index in [-0.39, 0.29) is 28.3 Å². The Kier molecular flexibility index (Phi) is 6.63. The second-order valence-electron chi connectivity index (χ2n) is 6.42. The Hall–Kier alpha value is -2.34. The van der Waals surface area contributed by atoms with Gasteiger partial charge in [0.15, 0.2) is 0 Å². The molecule has 1 aliphatic rings. The Bertz CT molecular complexity index is 907. The summed E-state index contributed by atoms with van der Waals surface area (Å²) in [5.41, 5.74) is 0.530. The van der Waals surface area contributed by atoms with Crippen LogP contribution in [0.3, 0.4) is 0 Å². The number of alkyl halides is 2. The summed E-state index contributed by atoms with van der Waals surface area (Å²) in [4.78, 5) is 27.1. The molecule has 0 saturated carbocycles. The molecule has 0 atom stereocenters. The van der Waals surface area contributed by atoms with Crippen molar-refractivity contribution >= 4 is 33.4 Å². The van der Waals surface area contributed by atoms with Gasteiger partial charge in [-0.3, -0.25) is 19.0 Å². The molecule has 12 heteroatoms. The third-order valence-corrected chi connectivity index (χ3v) is 5.55. The molecule has 0 bridgehead atoms. The van der Waals surface area contributed by atoms with Crippen molar-refractivity contribution in [3.05, 3.63) is 27.8 Å². The summed E-state index contributed by atoms with van der Waals surface area (Å²) >= 11 is 3.08. The van der Waals surface area contributed by atoms with Gasteiger partial charge in [-0.15, -0.1) is 0 Å². The molecule has 3 heterocycles. The van der Waals surface area contributed by atoms with Crippen LogP contribution in [0.25, 0.3) is 0 Å². The lowest BCUT2D eigenvalue weighted by molar-refractivity contribution is -0.117. The molecule has 1 N–H and O–H groups in total. The predicted molar refractivity (Wildman–Crippen MR) is 103 cm³/mol. The third-order valence-electron chi connectivity index (χ3n) is 4.57. The van der Waals surface area contributed by atoms with Crippen LogP contribution in [0.2, 0.25) is 0 Å². The fourth-order valence-corrected chi connectivity index (χ4v) is 3.48. The normalized spacial score (nSPS) is 14.5. The van der Waals surface area contributed by atoms with E-state index in [1.807, 2.05) is 6.92 Å². The Morgan fingerprint density at radius 2 is 2.00 bits per heavy atom. The fourth-order valence-electron chi connectivity index (χ4n) is 3.03. The van der Waals surface area contributed by atoms with E-state index < -0.39 is 18.0 Å². The molecule has 3 rings (SSSR count). The lowest BCUT2D eigenvalue weighted by Crippen LogP contribution is -2.41. The minimum absolute atomic E-state index is 0.169. The second-order valence-corrected chi connectivity index (χ2v) is 7.21. The maximum atomic E-state index is 13.0. The number of halogens is 3. The van der Waals surface area contributed by atoms with Crippen LogP contribution >= 0.6 is 15.9 Å². The number of ether oxygens (including phenoxy) is 1. The van der Waals surface area contributed by atoms with Gasteiger partial charge in [0.25, 0.3) is 12.3 Å². The van der Waals surface area contributed by atoms with Gasteiger partial charge in [-0.05, 0) is 29.8 Å². The number of rotatable bonds is 6. The predicted octanol–water partition coefficient (Wildman–Crippen LogP) is 2.22. The first-order valence-corrected chi connectivity index (χ1v) is 9.86. The number of nitrogens with zero attached hydrogens (tertiary/aromatic N) is 5. The van der Waals surface area contributed by atoms with Crippen molar-refractivity contribution in [1.29, 1.82) is 0 Å². The molecule has 2 aromatic heterocycles. The maximum absolute atomic E-state index is 13.0. The Morgan fingerprint density at radius 1 is 1.31 bits per heavy atom. The van der Waals surface area contributed by atoms with Gasteiger partial charge in [-0.2, -0.15) is 10.2 Å². The zero-order valence-electron chi connectivity index (χ0n) is 16.0. The van der Waals surface area contributed by atoms with E-state index in [1.54, 1.807) is 11.8 Å². The van der Waals surface area contributed by atoms with E-state index in [2.05, 4.69) is 31.4 Å². The van der Waals surface area contributed by atoms with E-state index in [9.17, 15) is 18.4 Å². The zero-order chi connectivity index (χ0) is 21.1. The standard InChI is InChI=1S/C17H21BrF2N6O3/c1-3-25-15(17(28)24-4-6-29-7-5-24)11(8-21-25)22-12(27)9-26-10(2)13(18)14(23-26)16(19)20/h8,16H,3-7,9H2,1-2H3,(H,22,27). The summed E-state index contributed by atoms with van der Waals surface area (Å²) in [6, 6.07) is 0. The molecule has 0 unspecified atom stereocenters. The molecule has 2 aromatic rings. The highest BCUT2D eigenvalue weighted by molar-refractivity contribution is 9.10. The van der Waals surface area contributed by atoms with Crippen molar-refractivity contribution < 1.29 is 23.1 Å². The topological polar surface area (TPSA) is 94.3 Å². The van der Waals surface area contributed by atoms with Gasteiger partial charge >= 0.3 is 0 Å². The summed E-state index contributed by atoms with van der Waals surface area (Å²) in [5.74, 6) is -0.753. The van der Waals surface area contributed by atoms with E-state index >= 15 is 0 Å². The van der Waals surface area contributed by atoms with Crippen LogP contribution in [0.4, 0.5) is 14.5 Å². The summed E-state index contributed by atoms with van der Waals surface area (Å²) < 4.78 is 34.1. The van der Waals surface area contributed by atoms with Crippen molar-refractivity contribution in [3.63, 3.8) is 0 Å². The number of nitrogens with one attached hydrogen (secondary N) is 1. The second kappa shape index (κ2) is 8.99. The summed E-state index contributed by atoms with van der Waals surface area (Å²) in [7, 11) is 0. The van der Waals surface area contributed by atoms with Gasteiger partial charge in [0.2, 0.25) is 5.91 Å². The number of aryl methyl sites for hydroxylation is 1. The van der Waals surface area contributed by atoms with Crippen LogP contribution in [0, 0.1) is 6.92 Å². The Balaban J connectivity index is 1.78. The Morgan fingerprint density at radius 3 is 2.59 bits per heavy atom. The van der Waals surface area contributed by atoms with Gasteiger partial charge in [0.05, 0.1) is 35.3 Å². The first-order valence-electron chi connectivity index (χ1n) is 9.07. The van der Waals surface area contributed by atoms with Crippen LogP contribution in [0.15, 0.2) is 10.7 Å². The van der Waals surface area contributed by atoms with Gasteiger partial charge in [0, 0.05) is 19.6 Å². The summed E-state index contributed by atoms with van der Waals surface area (Å²) in [6.45, 7) is 5.41. The van der Waals surface area contributed by atoms with E-state index in [0.29, 0.717) is 38.5 Å². The molecule has 0 aromatic carbocycles. The number of anilines is 1. The average molecular weight is 475 g/mol. The highest BCUT2D eigenvalue weighted by Gasteiger charge is 2.27. The van der Waals surface area contributed by atoms with Crippen LogP contribution < -0.4 is 5.32 Å². The van der Waals surface area contributed by atoms with Gasteiger partial charge < -0.3 is 15.0 Å². The fraction of sp³-hybridized carbons (Fsp3) is 0.529. The SMILES string of the molecule is CCn1ncc(NC(=O)Cn2nc(C(F)F)c(Br)c2C)c1C(=O)N1CCOCC1. The van der Waals surface area contributed by atoms with Crippen LogP contribution in [0.1, 0.15) is 35.2 Å². The Labute approximate surface area is 174 Å². The monoisotopic (exact) mass is 474 g/mol.